The van der Waals surface area contributed by atoms with Gasteiger partial charge < -0.3 is 4.90 Å². The highest BCUT2D eigenvalue weighted by Gasteiger charge is 2.40. The molecule has 0 saturated carbocycles. The normalized spacial score (nSPS) is 12.7. The molecule has 0 N–H and O–H groups in total. The van der Waals surface area contributed by atoms with Crippen molar-refractivity contribution in [2.24, 2.45) is 0 Å². The number of anilines is 3. The van der Waals surface area contributed by atoms with Gasteiger partial charge >= 0.3 is 0 Å². The highest BCUT2D eigenvalue weighted by Crippen LogP contribution is 2.54. The van der Waals surface area contributed by atoms with Crippen molar-refractivity contribution >= 4 is 17.1 Å². The van der Waals surface area contributed by atoms with Gasteiger partial charge in [0, 0.05) is 22.5 Å². The second-order valence-electron chi connectivity index (χ2n) is 12.8. The minimum absolute atomic E-state index is 0.0123. The lowest BCUT2D eigenvalue weighted by Crippen LogP contribution is -2.23. The fraction of sp³-hybridized carbons (Fsp3) is 0.106. The maximum absolute atomic E-state index is 2.46. The molecule has 0 saturated heterocycles. The quantitative estimate of drug-likeness (QED) is 0.164. The maximum Gasteiger partial charge on any atom is 0.0465 e. The fourth-order valence-electron chi connectivity index (χ4n) is 7.79. The third-order valence-corrected chi connectivity index (χ3v) is 10.4. The summed E-state index contributed by atoms with van der Waals surface area (Å²) >= 11 is 0. The predicted molar refractivity (Wildman–Crippen MR) is 204 cm³/mol. The van der Waals surface area contributed by atoms with E-state index in [1.165, 1.54) is 61.3 Å². The van der Waals surface area contributed by atoms with Crippen molar-refractivity contribution in [2.75, 3.05) is 4.90 Å². The Morgan fingerprint density at radius 3 is 1.38 bits per heavy atom. The standard InChI is InChI=1S/C47H39N/c1-3-47(4-2)45-21-12-11-20-43(45)44-31-30-42(33-46(44)47)48(40-26-22-36(23-27-40)34-14-7-5-8-15-34)41-28-24-37(25-29-41)39-19-13-18-38(32-39)35-16-9-6-10-17-35/h5-33H,3-4H2,1-2H3. The van der Waals surface area contributed by atoms with Crippen LogP contribution in [0.3, 0.4) is 0 Å². The molecule has 0 bridgehead atoms. The second kappa shape index (κ2) is 12.5. The molecule has 0 heterocycles. The number of benzene rings is 7. The predicted octanol–water partition coefficient (Wildman–Crippen LogP) is 13.2. The number of hydrogen-bond donors (Lipinski definition) is 0. The van der Waals surface area contributed by atoms with Crippen LogP contribution in [0.5, 0.6) is 0 Å². The average molecular weight is 618 g/mol. The Morgan fingerprint density at radius 1 is 0.354 bits per heavy atom. The van der Waals surface area contributed by atoms with E-state index in [1.54, 1.807) is 0 Å². The van der Waals surface area contributed by atoms with Gasteiger partial charge in [-0.25, -0.2) is 0 Å². The first-order valence-electron chi connectivity index (χ1n) is 17.1. The Hall–Kier alpha value is -5.66. The van der Waals surface area contributed by atoms with Crippen LogP contribution in [0.25, 0.3) is 44.5 Å². The van der Waals surface area contributed by atoms with Gasteiger partial charge in [-0.3, -0.25) is 0 Å². The molecule has 0 amide bonds. The number of nitrogens with zero attached hydrogens (tertiary/aromatic N) is 1. The first-order chi connectivity index (χ1) is 23.7. The first kappa shape index (κ1) is 29.7. The molecule has 1 nitrogen and oxygen atoms in total. The zero-order valence-electron chi connectivity index (χ0n) is 27.6. The van der Waals surface area contributed by atoms with Crippen LogP contribution >= 0.6 is 0 Å². The lowest BCUT2D eigenvalue weighted by atomic mass is 9.74. The molecule has 0 spiro atoms. The summed E-state index contributed by atoms with van der Waals surface area (Å²) in [6.45, 7) is 4.68. The molecule has 8 rings (SSSR count). The first-order valence-corrected chi connectivity index (χ1v) is 17.1. The van der Waals surface area contributed by atoms with Gasteiger partial charge in [0.2, 0.25) is 0 Å². The van der Waals surface area contributed by atoms with Gasteiger partial charge in [-0.05, 0) is 111 Å². The van der Waals surface area contributed by atoms with Crippen molar-refractivity contribution in [1.82, 2.24) is 0 Å². The van der Waals surface area contributed by atoms with Gasteiger partial charge in [-0.15, -0.1) is 0 Å². The van der Waals surface area contributed by atoms with Gasteiger partial charge in [-0.2, -0.15) is 0 Å². The van der Waals surface area contributed by atoms with Gasteiger partial charge in [0.15, 0.2) is 0 Å². The summed E-state index contributed by atoms with van der Waals surface area (Å²) in [5.74, 6) is 0. The van der Waals surface area contributed by atoms with Crippen LogP contribution in [0.4, 0.5) is 17.1 Å². The molecule has 0 radical (unpaired) electrons. The molecule has 0 unspecified atom stereocenters. The number of fused-ring (bicyclic) bond motifs is 3. The summed E-state index contributed by atoms with van der Waals surface area (Å²) in [5, 5.41) is 0. The molecule has 1 aliphatic carbocycles. The smallest absolute Gasteiger partial charge is 0.0465 e. The second-order valence-corrected chi connectivity index (χ2v) is 12.8. The monoisotopic (exact) mass is 617 g/mol. The summed E-state index contributed by atoms with van der Waals surface area (Å²) < 4.78 is 0. The van der Waals surface area contributed by atoms with Crippen LogP contribution in [0.1, 0.15) is 37.8 Å². The summed E-state index contributed by atoms with van der Waals surface area (Å²) in [5.41, 5.74) is 16.4. The van der Waals surface area contributed by atoms with Crippen LogP contribution < -0.4 is 4.90 Å². The Labute approximate surface area is 284 Å². The fourth-order valence-corrected chi connectivity index (χ4v) is 7.79. The molecule has 7 aromatic rings. The topological polar surface area (TPSA) is 3.24 Å². The molecule has 48 heavy (non-hydrogen) atoms. The Balaban J connectivity index is 1.22. The van der Waals surface area contributed by atoms with Crippen LogP contribution in [-0.2, 0) is 5.41 Å². The SMILES string of the molecule is CCC1(CC)c2ccccc2-c2ccc(N(c3ccc(-c4ccccc4)cc3)c3ccc(-c4cccc(-c5ccccc5)c4)cc3)cc21. The minimum Gasteiger partial charge on any atom is -0.310 e. The summed E-state index contributed by atoms with van der Waals surface area (Å²) in [4.78, 5) is 2.41. The average Bonchev–Trinajstić information content (AvgIpc) is 3.45. The minimum atomic E-state index is 0.0123. The molecule has 7 aromatic carbocycles. The van der Waals surface area contributed by atoms with E-state index in [-0.39, 0.29) is 5.41 Å². The molecular formula is C47H39N. The summed E-state index contributed by atoms with van der Waals surface area (Å²) in [7, 11) is 0. The lowest BCUT2D eigenvalue weighted by molar-refractivity contribution is 0.490. The van der Waals surface area contributed by atoms with Crippen LogP contribution in [0, 0.1) is 0 Å². The molecule has 0 fully saturated rings. The van der Waals surface area contributed by atoms with Gasteiger partial charge in [-0.1, -0.05) is 147 Å². The third-order valence-electron chi connectivity index (χ3n) is 10.4. The summed E-state index contributed by atoms with van der Waals surface area (Å²) in [6, 6.07) is 64.2. The highest BCUT2D eigenvalue weighted by molar-refractivity contribution is 5.86. The summed E-state index contributed by atoms with van der Waals surface area (Å²) in [6.07, 6.45) is 2.14. The van der Waals surface area contributed by atoms with E-state index in [4.69, 9.17) is 0 Å². The van der Waals surface area contributed by atoms with Crippen molar-refractivity contribution < 1.29 is 0 Å². The van der Waals surface area contributed by atoms with E-state index in [0.717, 1.165) is 24.2 Å². The van der Waals surface area contributed by atoms with Crippen LogP contribution in [0.2, 0.25) is 0 Å². The van der Waals surface area contributed by atoms with E-state index in [9.17, 15) is 0 Å². The van der Waals surface area contributed by atoms with Crippen molar-refractivity contribution in [3.63, 3.8) is 0 Å². The molecule has 0 aliphatic heterocycles. The van der Waals surface area contributed by atoms with Gasteiger partial charge in [0.05, 0.1) is 0 Å². The van der Waals surface area contributed by atoms with Gasteiger partial charge in [0.25, 0.3) is 0 Å². The lowest BCUT2D eigenvalue weighted by Gasteiger charge is -2.31. The maximum atomic E-state index is 2.46. The molecular weight excluding hydrogens is 579 g/mol. The highest BCUT2D eigenvalue weighted by atomic mass is 15.1. The molecule has 232 valence electrons. The van der Waals surface area contributed by atoms with E-state index in [0.29, 0.717) is 0 Å². The Bertz CT molecular complexity index is 2170. The Morgan fingerprint density at radius 2 is 0.792 bits per heavy atom. The van der Waals surface area contributed by atoms with Crippen molar-refractivity contribution in [3.8, 4) is 44.5 Å². The van der Waals surface area contributed by atoms with Crippen molar-refractivity contribution in [2.45, 2.75) is 32.1 Å². The molecule has 0 aromatic heterocycles. The van der Waals surface area contributed by atoms with E-state index in [2.05, 4.69) is 195 Å². The Kier molecular flexibility index (Phi) is 7.74. The zero-order chi connectivity index (χ0) is 32.5. The molecule has 0 atom stereocenters. The van der Waals surface area contributed by atoms with E-state index in [1.807, 2.05) is 0 Å². The van der Waals surface area contributed by atoms with Crippen molar-refractivity contribution in [1.29, 1.82) is 0 Å². The van der Waals surface area contributed by atoms with E-state index >= 15 is 0 Å². The third kappa shape index (κ3) is 5.13. The number of rotatable bonds is 8. The molecule has 1 heteroatoms. The largest absolute Gasteiger partial charge is 0.310 e. The zero-order valence-corrected chi connectivity index (χ0v) is 27.6. The van der Waals surface area contributed by atoms with E-state index < -0.39 is 0 Å². The van der Waals surface area contributed by atoms with Crippen molar-refractivity contribution in [3.05, 3.63) is 187 Å². The van der Waals surface area contributed by atoms with Gasteiger partial charge in [0.1, 0.15) is 0 Å². The number of hydrogen-bond acceptors (Lipinski definition) is 1. The molecule has 1 aliphatic rings. The van der Waals surface area contributed by atoms with Crippen LogP contribution in [0.15, 0.2) is 176 Å². The van der Waals surface area contributed by atoms with Crippen LogP contribution in [-0.4, -0.2) is 0 Å².